The Hall–Kier alpha value is -2.58. The highest BCUT2D eigenvalue weighted by Crippen LogP contribution is 2.37. The number of nitrogens with zero attached hydrogens (tertiary/aromatic N) is 1. The van der Waals surface area contributed by atoms with Crippen molar-refractivity contribution in [2.24, 2.45) is 0 Å². The lowest BCUT2D eigenvalue weighted by Gasteiger charge is -2.26. The molecule has 34 heavy (non-hydrogen) atoms. The van der Waals surface area contributed by atoms with Crippen molar-refractivity contribution in [3.05, 3.63) is 93.0 Å². The first-order valence-corrected chi connectivity index (χ1v) is 13.0. The van der Waals surface area contributed by atoms with Gasteiger partial charge in [-0.05, 0) is 60.2 Å². The van der Waals surface area contributed by atoms with Crippen molar-refractivity contribution in [2.75, 3.05) is 18.4 Å². The number of carbonyl (C=O) groups is 1. The third kappa shape index (κ3) is 4.93. The van der Waals surface area contributed by atoms with Crippen LogP contribution in [0.3, 0.4) is 0 Å². The first kappa shape index (κ1) is 24.5. The van der Waals surface area contributed by atoms with Crippen LogP contribution in [0.5, 0.6) is 0 Å². The molecule has 3 aromatic rings. The Labute approximate surface area is 209 Å². The van der Waals surface area contributed by atoms with Gasteiger partial charge in [0, 0.05) is 19.3 Å². The highest BCUT2D eigenvalue weighted by atomic mass is 35.5. The summed E-state index contributed by atoms with van der Waals surface area (Å²) in [5.74, 6) is -0.381. The summed E-state index contributed by atoms with van der Waals surface area (Å²) in [6.45, 7) is 0.00313. The van der Waals surface area contributed by atoms with Gasteiger partial charge in [0.25, 0.3) is 15.9 Å². The second-order valence-electron chi connectivity index (χ2n) is 8.21. The molecule has 0 bridgehead atoms. The van der Waals surface area contributed by atoms with Crippen molar-refractivity contribution in [2.45, 2.75) is 30.2 Å². The van der Waals surface area contributed by atoms with Crippen LogP contribution in [0, 0.1) is 0 Å². The maximum atomic E-state index is 13.4. The molecule has 1 aliphatic carbocycles. The third-order valence-corrected chi connectivity index (χ3v) is 8.20. The number of sulfonamides is 1. The van der Waals surface area contributed by atoms with E-state index in [2.05, 4.69) is 10.8 Å². The van der Waals surface area contributed by atoms with Gasteiger partial charge < -0.3 is 10.0 Å². The average molecular weight is 519 g/mol. The van der Waals surface area contributed by atoms with E-state index < -0.39 is 10.0 Å². The molecule has 2 N–H and O–H groups in total. The van der Waals surface area contributed by atoms with Crippen molar-refractivity contribution in [3.63, 3.8) is 0 Å². The highest BCUT2D eigenvalue weighted by molar-refractivity contribution is 7.92. The lowest BCUT2D eigenvalue weighted by atomic mass is 10.1. The fourth-order valence-corrected chi connectivity index (χ4v) is 6.16. The molecule has 0 spiro atoms. The molecule has 9 heteroatoms. The maximum absolute atomic E-state index is 13.4. The van der Waals surface area contributed by atoms with E-state index in [0.717, 1.165) is 24.0 Å². The van der Waals surface area contributed by atoms with Crippen LogP contribution in [-0.4, -0.2) is 38.0 Å². The topological polar surface area (TPSA) is 86.7 Å². The number of benzene rings is 3. The van der Waals surface area contributed by atoms with E-state index in [9.17, 15) is 13.2 Å². The fourth-order valence-electron chi connectivity index (χ4n) is 4.25. The van der Waals surface area contributed by atoms with Crippen LogP contribution in [0.1, 0.15) is 39.5 Å². The number of anilines is 1. The fraction of sp³-hybridized carbons (Fsp3) is 0.240. The number of carbonyl (C=O) groups excluding carboxylic acids is 1. The van der Waals surface area contributed by atoms with Crippen LogP contribution in [0.15, 0.2) is 65.6 Å². The molecule has 6 nitrogen and oxygen atoms in total. The van der Waals surface area contributed by atoms with Gasteiger partial charge in [0.2, 0.25) is 0 Å². The summed E-state index contributed by atoms with van der Waals surface area (Å²) in [5.41, 5.74) is 3.56. The quantitative estimate of drug-likeness (QED) is 0.456. The van der Waals surface area contributed by atoms with Crippen LogP contribution >= 0.6 is 23.2 Å². The number of rotatable bonds is 7. The lowest BCUT2D eigenvalue weighted by Crippen LogP contribution is -2.30. The predicted octanol–water partition coefficient (Wildman–Crippen LogP) is 5.09. The number of aliphatic hydroxyl groups is 1. The molecule has 3 aromatic carbocycles. The van der Waals surface area contributed by atoms with Gasteiger partial charge in [-0.3, -0.25) is 9.52 Å². The molecule has 1 aliphatic rings. The van der Waals surface area contributed by atoms with Crippen molar-refractivity contribution >= 4 is 44.8 Å². The number of nitrogens with one attached hydrogen (secondary N) is 1. The largest absolute Gasteiger partial charge is 0.396 e. The zero-order chi connectivity index (χ0) is 24.5. The standard InChI is InChI=1S/C25H24Cl2N2O4S/c1-29(23-11-8-17-4-2-3-5-19(17)23)25(31)20-14-24(22(27)15-21(20)26)34(32,33)28-18-9-6-16(7-10-18)12-13-30/h2-7,9-10,14-15,23,28,30H,8,11-13H2,1H3. The number of halogens is 2. The molecule has 4 rings (SSSR count). The Kier molecular flexibility index (Phi) is 7.19. The van der Waals surface area contributed by atoms with E-state index >= 15 is 0 Å². The second-order valence-corrected chi connectivity index (χ2v) is 10.7. The van der Waals surface area contributed by atoms with Crippen molar-refractivity contribution in [1.29, 1.82) is 0 Å². The van der Waals surface area contributed by atoms with E-state index in [0.29, 0.717) is 12.1 Å². The van der Waals surface area contributed by atoms with Crippen molar-refractivity contribution in [3.8, 4) is 0 Å². The van der Waals surface area contributed by atoms with E-state index in [4.69, 9.17) is 28.3 Å². The SMILES string of the molecule is CN(C(=O)c1cc(S(=O)(=O)Nc2ccc(CCO)cc2)c(Cl)cc1Cl)C1CCc2ccccc21. The van der Waals surface area contributed by atoms with Crippen LogP contribution < -0.4 is 4.72 Å². The molecule has 1 unspecified atom stereocenters. The number of hydrogen-bond donors (Lipinski definition) is 2. The second kappa shape index (κ2) is 9.96. The van der Waals surface area contributed by atoms with Crippen LogP contribution in [0.25, 0.3) is 0 Å². The van der Waals surface area contributed by atoms with Gasteiger partial charge >= 0.3 is 0 Å². The zero-order valence-electron chi connectivity index (χ0n) is 18.5. The summed E-state index contributed by atoms with van der Waals surface area (Å²) in [6, 6.07) is 17.0. The van der Waals surface area contributed by atoms with Gasteiger partial charge in [0.05, 0.1) is 21.7 Å². The van der Waals surface area contributed by atoms with E-state index in [1.54, 1.807) is 36.2 Å². The minimum Gasteiger partial charge on any atom is -0.396 e. The van der Waals surface area contributed by atoms with Gasteiger partial charge in [0.1, 0.15) is 4.90 Å². The Morgan fingerprint density at radius 3 is 2.50 bits per heavy atom. The Bertz CT molecular complexity index is 1330. The first-order chi connectivity index (χ1) is 16.2. The molecule has 178 valence electrons. The molecular formula is C25H24Cl2N2O4S. The molecule has 0 radical (unpaired) electrons. The summed E-state index contributed by atoms with van der Waals surface area (Å²) >= 11 is 12.6. The van der Waals surface area contributed by atoms with Gasteiger partial charge in [-0.25, -0.2) is 8.42 Å². The van der Waals surface area contributed by atoms with Crippen molar-refractivity contribution in [1.82, 2.24) is 4.90 Å². The summed E-state index contributed by atoms with van der Waals surface area (Å²) in [5, 5.41) is 9.04. The predicted molar refractivity (Wildman–Crippen MR) is 134 cm³/mol. The van der Waals surface area contributed by atoms with Gasteiger partial charge in [-0.15, -0.1) is 0 Å². The molecule has 1 atom stereocenters. The summed E-state index contributed by atoms with van der Waals surface area (Å²) < 4.78 is 28.7. The van der Waals surface area contributed by atoms with Crippen LogP contribution in [0.2, 0.25) is 10.0 Å². The summed E-state index contributed by atoms with van der Waals surface area (Å²) in [4.78, 5) is 14.7. The Morgan fingerprint density at radius 2 is 1.79 bits per heavy atom. The monoisotopic (exact) mass is 518 g/mol. The Balaban J connectivity index is 1.62. The summed E-state index contributed by atoms with van der Waals surface area (Å²) in [7, 11) is -2.40. The molecular weight excluding hydrogens is 495 g/mol. The Morgan fingerprint density at radius 1 is 1.09 bits per heavy atom. The molecule has 0 saturated heterocycles. The van der Waals surface area contributed by atoms with Gasteiger partial charge in [-0.2, -0.15) is 0 Å². The summed E-state index contributed by atoms with van der Waals surface area (Å²) in [6.07, 6.45) is 2.12. The van der Waals surface area contributed by atoms with Gasteiger partial charge in [-0.1, -0.05) is 59.6 Å². The molecule has 0 heterocycles. The maximum Gasteiger partial charge on any atom is 0.263 e. The van der Waals surface area contributed by atoms with E-state index in [1.165, 1.54) is 17.7 Å². The number of fused-ring (bicyclic) bond motifs is 1. The molecule has 0 fully saturated rings. The van der Waals surface area contributed by atoms with E-state index in [-0.39, 0.29) is 39.1 Å². The number of aliphatic hydroxyl groups excluding tert-OH is 1. The highest BCUT2D eigenvalue weighted by Gasteiger charge is 2.31. The first-order valence-electron chi connectivity index (χ1n) is 10.8. The molecule has 0 saturated carbocycles. The third-order valence-electron chi connectivity index (χ3n) is 6.04. The minimum atomic E-state index is -4.10. The average Bonchev–Trinajstić information content (AvgIpc) is 3.23. The van der Waals surface area contributed by atoms with E-state index in [1.807, 2.05) is 18.2 Å². The van der Waals surface area contributed by atoms with Crippen molar-refractivity contribution < 1.29 is 18.3 Å². The number of amides is 1. The normalized spacial score (nSPS) is 15.1. The van der Waals surface area contributed by atoms with Crippen LogP contribution in [-0.2, 0) is 22.9 Å². The van der Waals surface area contributed by atoms with Gasteiger partial charge in [0.15, 0.2) is 0 Å². The molecule has 0 aliphatic heterocycles. The lowest BCUT2D eigenvalue weighted by molar-refractivity contribution is 0.0730. The number of aryl methyl sites for hydroxylation is 1. The molecule has 1 amide bonds. The zero-order valence-corrected chi connectivity index (χ0v) is 20.8. The number of hydrogen-bond acceptors (Lipinski definition) is 4. The minimum absolute atomic E-state index is 0.00313. The molecule has 0 aromatic heterocycles. The van der Waals surface area contributed by atoms with Crippen LogP contribution in [0.4, 0.5) is 5.69 Å². The smallest absolute Gasteiger partial charge is 0.263 e.